The highest BCUT2D eigenvalue weighted by molar-refractivity contribution is 5.98. The first-order chi connectivity index (χ1) is 12.0. The summed E-state index contributed by atoms with van der Waals surface area (Å²) in [6.45, 7) is 1.75. The van der Waals surface area contributed by atoms with Gasteiger partial charge in [0.1, 0.15) is 11.6 Å². The summed E-state index contributed by atoms with van der Waals surface area (Å²) >= 11 is 0. The van der Waals surface area contributed by atoms with Gasteiger partial charge in [0.05, 0.1) is 11.2 Å². The van der Waals surface area contributed by atoms with Gasteiger partial charge in [0.15, 0.2) is 0 Å². The van der Waals surface area contributed by atoms with Crippen molar-refractivity contribution in [1.29, 1.82) is 0 Å². The molecule has 3 rings (SSSR count). The van der Waals surface area contributed by atoms with Gasteiger partial charge in [0, 0.05) is 22.8 Å². The molecule has 25 heavy (non-hydrogen) atoms. The number of hydrogen-bond acceptors (Lipinski definition) is 5. The summed E-state index contributed by atoms with van der Waals surface area (Å²) in [4.78, 5) is 8.96. The van der Waals surface area contributed by atoms with Crippen LogP contribution in [0.5, 0.6) is 11.6 Å². The van der Waals surface area contributed by atoms with E-state index in [2.05, 4.69) is 9.98 Å². The van der Waals surface area contributed by atoms with Crippen LogP contribution in [-0.4, -0.2) is 10.8 Å². The van der Waals surface area contributed by atoms with Crippen molar-refractivity contribution in [2.45, 2.75) is 6.92 Å². The average molecular weight is 333 g/mol. The van der Waals surface area contributed by atoms with Crippen LogP contribution in [0.3, 0.4) is 0 Å². The lowest BCUT2D eigenvalue weighted by atomic mass is 10.2. The molecule has 0 atom stereocenters. The molecule has 0 saturated carbocycles. The Balaban J connectivity index is 2.05. The van der Waals surface area contributed by atoms with Gasteiger partial charge >= 0.3 is 0 Å². The molecule has 0 amide bonds. The number of ether oxygens (including phenoxy) is 1. The summed E-state index contributed by atoms with van der Waals surface area (Å²) in [7, 11) is 0. The fourth-order valence-corrected chi connectivity index (χ4v) is 2.34. The monoisotopic (exact) mass is 333 g/mol. The predicted molar refractivity (Wildman–Crippen MR) is 102 cm³/mol. The molecule has 3 aromatic rings. The van der Waals surface area contributed by atoms with Crippen LogP contribution in [0.25, 0.3) is 10.9 Å². The van der Waals surface area contributed by atoms with E-state index in [1.807, 2.05) is 24.3 Å². The number of nitrogens with zero attached hydrogens (tertiary/aromatic N) is 2. The number of nitrogens with two attached hydrogens (primary N) is 3. The number of fused-ring (bicyclic) bond motifs is 1. The van der Waals surface area contributed by atoms with Gasteiger partial charge in [-0.3, -0.25) is 0 Å². The number of aliphatic imine (C=N–C) groups is 1. The lowest BCUT2D eigenvalue weighted by molar-refractivity contribution is 0.465. The summed E-state index contributed by atoms with van der Waals surface area (Å²) in [6.07, 6.45) is 1.61. The maximum Gasteiger partial charge on any atom is 0.221 e. The van der Waals surface area contributed by atoms with E-state index in [0.29, 0.717) is 34.5 Å². The molecule has 0 radical (unpaired) electrons. The van der Waals surface area contributed by atoms with E-state index in [-0.39, 0.29) is 0 Å². The first kappa shape index (κ1) is 16.3. The zero-order chi connectivity index (χ0) is 17.8. The maximum absolute atomic E-state index is 5.94. The largest absolute Gasteiger partial charge is 0.439 e. The van der Waals surface area contributed by atoms with Crippen LogP contribution in [0.2, 0.25) is 0 Å². The second kappa shape index (κ2) is 6.92. The Bertz CT molecular complexity index is 957. The zero-order valence-corrected chi connectivity index (χ0v) is 13.8. The van der Waals surface area contributed by atoms with Gasteiger partial charge in [-0.05, 0) is 43.3 Å². The second-order valence-electron chi connectivity index (χ2n) is 5.59. The highest BCUT2D eigenvalue weighted by atomic mass is 16.5. The molecule has 6 N–H and O–H groups in total. The molecule has 0 spiro atoms. The van der Waals surface area contributed by atoms with E-state index >= 15 is 0 Å². The molecule has 0 bridgehead atoms. The van der Waals surface area contributed by atoms with E-state index in [4.69, 9.17) is 21.9 Å². The Labute approximate surface area is 145 Å². The van der Waals surface area contributed by atoms with Gasteiger partial charge in [0.25, 0.3) is 0 Å². The molecular formula is C19H19N5O. The summed E-state index contributed by atoms with van der Waals surface area (Å²) in [5, 5.41) is 0.873. The molecule has 1 aromatic heterocycles. The summed E-state index contributed by atoms with van der Waals surface area (Å²) < 4.78 is 5.83. The Kier molecular flexibility index (Phi) is 4.52. The number of hydrogen-bond donors (Lipinski definition) is 3. The van der Waals surface area contributed by atoms with Crippen molar-refractivity contribution in [1.82, 2.24) is 4.98 Å². The molecule has 2 aromatic carbocycles. The third kappa shape index (κ3) is 4.06. The highest BCUT2D eigenvalue weighted by Crippen LogP contribution is 2.31. The van der Waals surface area contributed by atoms with Crippen LogP contribution in [0, 0.1) is 0 Å². The Morgan fingerprint density at radius 2 is 1.80 bits per heavy atom. The van der Waals surface area contributed by atoms with E-state index < -0.39 is 0 Å². The Morgan fingerprint density at radius 3 is 2.52 bits per heavy atom. The van der Waals surface area contributed by atoms with Gasteiger partial charge < -0.3 is 21.9 Å². The molecule has 0 unspecified atom stereocenters. The molecular weight excluding hydrogens is 314 g/mol. The molecule has 0 aliphatic rings. The molecule has 0 aliphatic heterocycles. The van der Waals surface area contributed by atoms with Crippen molar-refractivity contribution in [3.63, 3.8) is 0 Å². The summed E-state index contributed by atoms with van der Waals surface area (Å²) in [5.74, 6) is 1.37. The molecule has 126 valence electrons. The minimum absolute atomic E-state index is 0.315. The topological polar surface area (TPSA) is 113 Å². The smallest absolute Gasteiger partial charge is 0.221 e. The van der Waals surface area contributed by atoms with Gasteiger partial charge in [-0.15, -0.1) is 0 Å². The number of nitrogen functional groups attached to an aromatic ring is 1. The number of allylic oxidation sites excluding steroid dienone is 1. The van der Waals surface area contributed by atoms with E-state index in [1.165, 1.54) is 0 Å². The SMILES string of the molecule is C/C(N)=C/C(N)=Nc1cc(Oc2ccc(N)cc2)nc2ccccc12. The Hall–Kier alpha value is -3.54. The third-order valence-corrected chi connectivity index (χ3v) is 3.40. The van der Waals surface area contributed by atoms with Crippen molar-refractivity contribution >= 4 is 28.1 Å². The first-order valence-corrected chi connectivity index (χ1v) is 7.72. The van der Waals surface area contributed by atoms with Crippen LogP contribution in [-0.2, 0) is 0 Å². The van der Waals surface area contributed by atoms with Crippen molar-refractivity contribution in [3.05, 3.63) is 66.4 Å². The van der Waals surface area contributed by atoms with Crippen LogP contribution >= 0.6 is 0 Å². The summed E-state index contributed by atoms with van der Waals surface area (Å²) in [6, 6.07) is 16.5. The number of amidine groups is 1. The van der Waals surface area contributed by atoms with Gasteiger partial charge in [0.2, 0.25) is 5.88 Å². The van der Waals surface area contributed by atoms with Crippen LogP contribution in [0.4, 0.5) is 11.4 Å². The number of rotatable bonds is 4. The molecule has 0 fully saturated rings. The normalized spacial score (nSPS) is 12.4. The molecule has 6 heteroatoms. The van der Waals surface area contributed by atoms with Crippen LogP contribution < -0.4 is 21.9 Å². The number of aromatic nitrogens is 1. The fourth-order valence-electron chi connectivity index (χ4n) is 2.34. The molecule has 1 heterocycles. The van der Waals surface area contributed by atoms with Gasteiger partial charge in [-0.25, -0.2) is 9.98 Å². The molecule has 6 nitrogen and oxygen atoms in total. The van der Waals surface area contributed by atoms with Crippen molar-refractivity contribution < 1.29 is 4.74 Å². The average Bonchev–Trinajstić information content (AvgIpc) is 2.56. The standard InChI is InChI=1S/C19H19N5O/c1-12(20)10-18(22)23-17-11-19(24-16-5-3-2-4-15(16)17)25-14-8-6-13(21)7-9-14/h2-11H,20-21H2,1H3,(H2,22,23,24)/b12-10-. The van der Waals surface area contributed by atoms with Gasteiger partial charge in [-0.2, -0.15) is 0 Å². The second-order valence-corrected chi connectivity index (χ2v) is 5.59. The van der Waals surface area contributed by atoms with Crippen LogP contribution in [0.1, 0.15) is 6.92 Å². The van der Waals surface area contributed by atoms with Gasteiger partial charge in [-0.1, -0.05) is 18.2 Å². The summed E-state index contributed by atoms with van der Waals surface area (Å²) in [5.41, 5.74) is 20.0. The quantitative estimate of drug-likeness (QED) is 0.384. The minimum atomic E-state index is 0.315. The third-order valence-electron chi connectivity index (χ3n) is 3.40. The number of anilines is 1. The maximum atomic E-state index is 5.94. The van der Waals surface area contributed by atoms with Crippen molar-refractivity contribution in [2.75, 3.05) is 5.73 Å². The number of benzene rings is 2. The zero-order valence-electron chi connectivity index (χ0n) is 13.8. The predicted octanol–water partition coefficient (Wildman–Crippen LogP) is 3.46. The molecule has 0 aliphatic carbocycles. The number of pyridine rings is 1. The highest BCUT2D eigenvalue weighted by Gasteiger charge is 2.07. The fraction of sp³-hybridized carbons (Fsp3) is 0.0526. The first-order valence-electron chi connectivity index (χ1n) is 7.72. The van der Waals surface area contributed by atoms with Crippen molar-refractivity contribution in [3.8, 4) is 11.6 Å². The Morgan fingerprint density at radius 1 is 1.08 bits per heavy atom. The van der Waals surface area contributed by atoms with E-state index in [1.54, 1.807) is 43.3 Å². The van der Waals surface area contributed by atoms with E-state index in [0.717, 1.165) is 10.9 Å². The van der Waals surface area contributed by atoms with E-state index in [9.17, 15) is 0 Å². The molecule has 0 saturated heterocycles. The minimum Gasteiger partial charge on any atom is -0.439 e. The van der Waals surface area contributed by atoms with Crippen LogP contribution in [0.15, 0.2) is 71.4 Å². The lowest BCUT2D eigenvalue weighted by Gasteiger charge is -2.09. The number of para-hydroxylation sites is 1. The van der Waals surface area contributed by atoms with Crippen molar-refractivity contribution in [2.24, 2.45) is 16.5 Å². The lowest BCUT2D eigenvalue weighted by Crippen LogP contribution is -2.10.